The Kier molecular flexibility index (Phi) is 6.14. The Hall–Kier alpha value is -1.98. The van der Waals surface area contributed by atoms with E-state index in [9.17, 15) is 4.79 Å². The van der Waals surface area contributed by atoms with Gasteiger partial charge in [0.15, 0.2) is 5.76 Å². The second-order valence-corrected chi connectivity index (χ2v) is 6.99. The Balaban J connectivity index is 0.00000225. The first-order valence-electron chi connectivity index (χ1n) is 8.26. The summed E-state index contributed by atoms with van der Waals surface area (Å²) in [5.41, 5.74) is 6.82. The molecule has 0 spiro atoms. The molecule has 1 aliphatic rings. The van der Waals surface area contributed by atoms with Gasteiger partial charge >= 0.3 is 0 Å². The smallest absolute Gasteiger partial charge is 0.289 e. The van der Waals surface area contributed by atoms with Crippen LogP contribution in [0.2, 0.25) is 0 Å². The van der Waals surface area contributed by atoms with Gasteiger partial charge in [0.1, 0.15) is 12.4 Å². The van der Waals surface area contributed by atoms with Gasteiger partial charge in [0, 0.05) is 24.7 Å². The standard InChI is InChI=1S/C19H24N2O3.ClH/c1-19(2)13-21(10-8-16(19)20)18(22)17-14(9-11-23-17)12-24-15-6-4-3-5-7-15;/h3-7,9,11,16H,8,10,12-13,20H2,1-2H3;1H. The predicted octanol–water partition coefficient (Wildman–Crippen LogP) is 3.48. The number of piperidine rings is 1. The third kappa shape index (κ3) is 4.35. The van der Waals surface area contributed by atoms with E-state index in [1.165, 1.54) is 6.26 Å². The maximum atomic E-state index is 12.8. The van der Waals surface area contributed by atoms with E-state index in [2.05, 4.69) is 13.8 Å². The number of hydrogen-bond acceptors (Lipinski definition) is 4. The predicted molar refractivity (Wildman–Crippen MR) is 99.0 cm³/mol. The molecule has 2 aromatic rings. The van der Waals surface area contributed by atoms with Gasteiger partial charge in [-0.3, -0.25) is 4.79 Å². The molecule has 0 radical (unpaired) electrons. The molecule has 136 valence electrons. The third-order valence-corrected chi connectivity index (χ3v) is 4.68. The molecule has 5 nitrogen and oxygen atoms in total. The average Bonchev–Trinajstić information content (AvgIpc) is 3.04. The topological polar surface area (TPSA) is 68.7 Å². The Morgan fingerprint density at radius 3 is 2.72 bits per heavy atom. The van der Waals surface area contributed by atoms with Crippen molar-refractivity contribution < 1.29 is 13.9 Å². The fourth-order valence-electron chi connectivity index (χ4n) is 3.01. The van der Waals surface area contributed by atoms with Crippen LogP contribution in [-0.4, -0.2) is 29.9 Å². The Morgan fingerprint density at radius 2 is 2.04 bits per heavy atom. The molecule has 1 unspecified atom stereocenters. The van der Waals surface area contributed by atoms with Gasteiger partial charge in [-0.05, 0) is 30.0 Å². The number of carbonyl (C=O) groups excluding carboxylic acids is 1. The molecule has 2 heterocycles. The lowest BCUT2D eigenvalue weighted by atomic mass is 9.79. The van der Waals surface area contributed by atoms with E-state index < -0.39 is 0 Å². The van der Waals surface area contributed by atoms with Crippen molar-refractivity contribution >= 4 is 18.3 Å². The van der Waals surface area contributed by atoms with Gasteiger partial charge < -0.3 is 19.8 Å². The Morgan fingerprint density at radius 1 is 1.32 bits per heavy atom. The molecule has 0 saturated carbocycles. The fourth-order valence-corrected chi connectivity index (χ4v) is 3.01. The Bertz CT molecular complexity index is 700. The van der Waals surface area contributed by atoms with Crippen LogP contribution < -0.4 is 10.5 Å². The van der Waals surface area contributed by atoms with Crippen LogP contribution in [0.5, 0.6) is 5.75 Å². The molecule has 1 aromatic heterocycles. The van der Waals surface area contributed by atoms with Gasteiger partial charge in [-0.1, -0.05) is 32.0 Å². The number of likely N-dealkylation sites (tertiary alicyclic amines) is 1. The average molecular weight is 365 g/mol. The second kappa shape index (κ2) is 7.93. The fraction of sp³-hybridized carbons (Fsp3) is 0.421. The molecule has 0 bridgehead atoms. The van der Waals surface area contributed by atoms with Crippen LogP contribution in [-0.2, 0) is 6.61 Å². The molecular weight excluding hydrogens is 340 g/mol. The first-order chi connectivity index (χ1) is 11.5. The van der Waals surface area contributed by atoms with Gasteiger partial charge in [0.2, 0.25) is 0 Å². The number of nitrogens with two attached hydrogens (primary N) is 1. The molecule has 3 rings (SSSR count). The summed E-state index contributed by atoms with van der Waals surface area (Å²) >= 11 is 0. The number of para-hydroxylation sites is 1. The summed E-state index contributed by atoms with van der Waals surface area (Å²) < 4.78 is 11.2. The zero-order chi connectivity index (χ0) is 17.2. The number of amides is 1. The van der Waals surface area contributed by atoms with E-state index in [0.717, 1.165) is 17.7 Å². The van der Waals surface area contributed by atoms with Gasteiger partial charge in [-0.2, -0.15) is 0 Å². The normalized spacial score (nSPS) is 19.2. The molecule has 2 N–H and O–H groups in total. The van der Waals surface area contributed by atoms with Gasteiger partial charge in [0.25, 0.3) is 5.91 Å². The summed E-state index contributed by atoms with van der Waals surface area (Å²) in [5.74, 6) is 1.03. The molecular formula is C19H25ClN2O3. The molecule has 1 fully saturated rings. The quantitative estimate of drug-likeness (QED) is 0.901. The van der Waals surface area contributed by atoms with E-state index in [0.29, 0.717) is 25.5 Å². The maximum absolute atomic E-state index is 12.8. The summed E-state index contributed by atoms with van der Waals surface area (Å²) in [4.78, 5) is 14.7. The lowest BCUT2D eigenvalue weighted by Gasteiger charge is -2.42. The summed E-state index contributed by atoms with van der Waals surface area (Å²) in [5, 5.41) is 0. The van der Waals surface area contributed by atoms with E-state index in [4.69, 9.17) is 14.9 Å². The molecule has 1 amide bonds. The first-order valence-corrected chi connectivity index (χ1v) is 8.26. The van der Waals surface area contributed by atoms with Crippen molar-refractivity contribution in [1.29, 1.82) is 0 Å². The minimum Gasteiger partial charge on any atom is -0.489 e. The molecule has 1 saturated heterocycles. The van der Waals surface area contributed by atoms with Crippen molar-refractivity contribution in [2.75, 3.05) is 13.1 Å². The van der Waals surface area contributed by atoms with Crippen molar-refractivity contribution in [3.8, 4) is 5.75 Å². The minimum absolute atomic E-state index is 0. The number of rotatable bonds is 4. The van der Waals surface area contributed by atoms with Crippen molar-refractivity contribution in [1.82, 2.24) is 4.90 Å². The summed E-state index contributed by atoms with van der Waals surface area (Å²) in [7, 11) is 0. The van der Waals surface area contributed by atoms with Crippen LogP contribution in [0.25, 0.3) is 0 Å². The monoisotopic (exact) mass is 364 g/mol. The van der Waals surface area contributed by atoms with Crippen LogP contribution in [0.1, 0.15) is 36.4 Å². The molecule has 1 aromatic carbocycles. The van der Waals surface area contributed by atoms with E-state index in [-0.39, 0.29) is 29.8 Å². The highest BCUT2D eigenvalue weighted by atomic mass is 35.5. The number of benzene rings is 1. The number of furan rings is 1. The van der Waals surface area contributed by atoms with Crippen molar-refractivity contribution in [2.45, 2.75) is 32.9 Å². The number of nitrogens with zero attached hydrogens (tertiary/aromatic N) is 1. The zero-order valence-corrected chi connectivity index (χ0v) is 15.4. The van der Waals surface area contributed by atoms with Crippen molar-refractivity contribution in [3.05, 3.63) is 54.0 Å². The molecule has 0 aliphatic carbocycles. The molecule has 1 aliphatic heterocycles. The number of halogens is 1. The third-order valence-electron chi connectivity index (χ3n) is 4.68. The lowest BCUT2D eigenvalue weighted by molar-refractivity contribution is 0.0500. The molecule has 25 heavy (non-hydrogen) atoms. The number of ether oxygens (including phenoxy) is 1. The van der Waals surface area contributed by atoms with E-state index in [1.807, 2.05) is 35.2 Å². The van der Waals surface area contributed by atoms with Crippen LogP contribution in [0, 0.1) is 5.41 Å². The summed E-state index contributed by atoms with van der Waals surface area (Å²) in [6.45, 7) is 5.78. The molecule has 1 atom stereocenters. The summed E-state index contributed by atoms with van der Waals surface area (Å²) in [6, 6.07) is 11.4. The van der Waals surface area contributed by atoms with Crippen LogP contribution >= 0.6 is 12.4 Å². The van der Waals surface area contributed by atoms with Crippen LogP contribution in [0.4, 0.5) is 0 Å². The zero-order valence-electron chi connectivity index (χ0n) is 14.6. The summed E-state index contributed by atoms with van der Waals surface area (Å²) in [6.07, 6.45) is 2.34. The van der Waals surface area contributed by atoms with Crippen LogP contribution in [0.15, 0.2) is 47.1 Å². The van der Waals surface area contributed by atoms with Gasteiger partial charge in [-0.15, -0.1) is 12.4 Å². The largest absolute Gasteiger partial charge is 0.489 e. The van der Waals surface area contributed by atoms with Crippen LogP contribution in [0.3, 0.4) is 0 Å². The van der Waals surface area contributed by atoms with Crippen molar-refractivity contribution in [3.63, 3.8) is 0 Å². The maximum Gasteiger partial charge on any atom is 0.289 e. The van der Waals surface area contributed by atoms with E-state index >= 15 is 0 Å². The lowest BCUT2D eigenvalue weighted by Crippen LogP contribution is -2.54. The number of carbonyl (C=O) groups is 1. The van der Waals surface area contributed by atoms with Gasteiger partial charge in [-0.25, -0.2) is 0 Å². The highest BCUT2D eigenvalue weighted by Crippen LogP contribution is 2.29. The highest BCUT2D eigenvalue weighted by molar-refractivity contribution is 5.93. The second-order valence-electron chi connectivity index (χ2n) is 6.99. The first kappa shape index (κ1) is 19.3. The van der Waals surface area contributed by atoms with Gasteiger partial charge in [0.05, 0.1) is 6.26 Å². The SMILES string of the molecule is CC1(C)CN(C(=O)c2occc2COc2ccccc2)CCC1N.Cl. The molecule has 6 heteroatoms. The van der Waals surface area contributed by atoms with E-state index in [1.54, 1.807) is 6.07 Å². The van der Waals surface area contributed by atoms with Crippen molar-refractivity contribution in [2.24, 2.45) is 11.1 Å². The number of hydrogen-bond donors (Lipinski definition) is 1. The Labute approximate surface area is 154 Å². The highest BCUT2D eigenvalue weighted by Gasteiger charge is 2.36. The minimum atomic E-state index is -0.0960.